The first kappa shape index (κ1) is 13.9. The highest BCUT2D eigenvalue weighted by atomic mass is 35.5. The molecular formula is C14H18ClN3O. The van der Waals surface area contributed by atoms with Crippen LogP contribution in [0.25, 0.3) is 0 Å². The van der Waals surface area contributed by atoms with Crippen molar-refractivity contribution in [1.82, 2.24) is 14.8 Å². The molecule has 2 aromatic rings. The summed E-state index contributed by atoms with van der Waals surface area (Å²) in [5, 5.41) is 4.23. The lowest BCUT2D eigenvalue weighted by atomic mass is 10.2. The van der Waals surface area contributed by atoms with Crippen LogP contribution in [0.5, 0.6) is 11.6 Å². The molecule has 0 saturated carbocycles. The summed E-state index contributed by atoms with van der Waals surface area (Å²) in [5.41, 5.74) is 1.99. The van der Waals surface area contributed by atoms with Crippen LogP contribution in [0.1, 0.15) is 38.1 Å². The number of halogens is 1. The largest absolute Gasteiger partial charge is 0.436 e. The van der Waals surface area contributed by atoms with Crippen molar-refractivity contribution in [2.24, 2.45) is 0 Å². The smallest absolute Gasteiger partial charge is 0.219 e. The van der Waals surface area contributed by atoms with Gasteiger partial charge >= 0.3 is 0 Å². The summed E-state index contributed by atoms with van der Waals surface area (Å²) in [5.74, 6) is 1.71. The molecule has 0 amide bonds. The summed E-state index contributed by atoms with van der Waals surface area (Å²) >= 11 is 5.88. The molecule has 2 aromatic heterocycles. The summed E-state index contributed by atoms with van der Waals surface area (Å²) in [6.45, 7) is 6.19. The molecule has 0 atom stereocenters. The van der Waals surface area contributed by atoms with Gasteiger partial charge in [0.2, 0.25) is 5.88 Å². The second-order valence-corrected chi connectivity index (χ2v) is 4.91. The topological polar surface area (TPSA) is 39.9 Å². The van der Waals surface area contributed by atoms with Crippen LogP contribution < -0.4 is 4.74 Å². The number of pyridine rings is 1. The van der Waals surface area contributed by atoms with Crippen LogP contribution in [-0.2, 0) is 12.3 Å². The standard InChI is InChI=1S/C14H18ClN3O/c1-4-12-5-11(7-15)6-14(17-12)19-13-8-16-18(9-13)10(2)3/h5-6,8-10H,4,7H2,1-3H3. The van der Waals surface area contributed by atoms with Gasteiger partial charge in [-0.1, -0.05) is 6.92 Å². The Bertz CT molecular complexity index is 529. The minimum atomic E-state index is 0.311. The molecule has 0 spiro atoms. The number of rotatable bonds is 5. The molecule has 0 aliphatic rings. The third-order valence-corrected chi connectivity index (χ3v) is 3.07. The number of alkyl halides is 1. The van der Waals surface area contributed by atoms with Gasteiger partial charge in [-0.3, -0.25) is 4.68 Å². The van der Waals surface area contributed by atoms with Crippen molar-refractivity contribution in [3.05, 3.63) is 35.8 Å². The highest BCUT2D eigenvalue weighted by Gasteiger charge is 2.07. The molecule has 102 valence electrons. The van der Waals surface area contributed by atoms with Gasteiger partial charge in [-0.2, -0.15) is 5.10 Å². The fourth-order valence-corrected chi connectivity index (χ4v) is 1.86. The van der Waals surface area contributed by atoms with Crippen LogP contribution in [0, 0.1) is 0 Å². The average molecular weight is 280 g/mol. The Morgan fingerprint density at radius 2 is 2.16 bits per heavy atom. The molecular weight excluding hydrogens is 262 g/mol. The fourth-order valence-electron chi connectivity index (χ4n) is 1.71. The van der Waals surface area contributed by atoms with Gasteiger partial charge in [0.15, 0.2) is 5.75 Å². The van der Waals surface area contributed by atoms with E-state index in [1.807, 2.05) is 23.0 Å². The van der Waals surface area contributed by atoms with Crippen molar-refractivity contribution in [2.45, 2.75) is 39.1 Å². The molecule has 0 fully saturated rings. The molecule has 0 saturated heterocycles. The quantitative estimate of drug-likeness (QED) is 0.778. The molecule has 19 heavy (non-hydrogen) atoms. The van der Waals surface area contributed by atoms with Gasteiger partial charge in [-0.15, -0.1) is 11.6 Å². The number of ether oxygens (including phenoxy) is 1. The van der Waals surface area contributed by atoms with Crippen LogP contribution >= 0.6 is 11.6 Å². The highest BCUT2D eigenvalue weighted by molar-refractivity contribution is 6.17. The van der Waals surface area contributed by atoms with E-state index in [0.29, 0.717) is 23.6 Å². The van der Waals surface area contributed by atoms with E-state index < -0.39 is 0 Å². The van der Waals surface area contributed by atoms with Crippen molar-refractivity contribution in [3.8, 4) is 11.6 Å². The van der Waals surface area contributed by atoms with E-state index in [2.05, 4.69) is 30.9 Å². The van der Waals surface area contributed by atoms with Gasteiger partial charge in [0, 0.05) is 23.7 Å². The van der Waals surface area contributed by atoms with Crippen molar-refractivity contribution >= 4 is 11.6 Å². The third kappa shape index (κ3) is 3.47. The Hall–Kier alpha value is -1.55. The average Bonchev–Trinajstić information content (AvgIpc) is 2.87. The molecule has 0 radical (unpaired) electrons. The first-order valence-corrected chi connectivity index (χ1v) is 6.93. The van der Waals surface area contributed by atoms with Gasteiger partial charge in [0.25, 0.3) is 0 Å². The van der Waals surface area contributed by atoms with Gasteiger partial charge < -0.3 is 4.74 Å². The molecule has 0 aliphatic carbocycles. The first-order valence-electron chi connectivity index (χ1n) is 6.40. The molecule has 2 rings (SSSR count). The maximum absolute atomic E-state index is 5.88. The maximum Gasteiger partial charge on any atom is 0.219 e. The summed E-state index contributed by atoms with van der Waals surface area (Å²) in [6, 6.07) is 4.17. The highest BCUT2D eigenvalue weighted by Crippen LogP contribution is 2.22. The van der Waals surface area contributed by atoms with E-state index in [1.165, 1.54) is 0 Å². The second-order valence-electron chi connectivity index (χ2n) is 4.64. The van der Waals surface area contributed by atoms with Gasteiger partial charge in [-0.25, -0.2) is 4.98 Å². The predicted molar refractivity (Wildman–Crippen MR) is 75.9 cm³/mol. The second kappa shape index (κ2) is 6.06. The normalized spacial score (nSPS) is 11.0. The van der Waals surface area contributed by atoms with Crippen LogP contribution in [-0.4, -0.2) is 14.8 Å². The SMILES string of the molecule is CCc1cc(CCl)cc(Oc2cnn(C(C)C)c2)n1. The van der Waals surface area contributed by atoms with Crippen LogP contribution in [0.3, 0.4) is 0 Å². The molecule has 0 N–H and O–H groups in total. The van der Waals surface area contributed by atoms with E-state index in [4.69, 9.17) is 16.3 Å². The Kier molecular flexibility index (Phi) is 4.43. The number of hydrogen-bond donors (Lipinski definition) is 0. The lowest BCUT2D eigenvalue weighted by Gasteiger charge is -2.07. The van der Waals surface area contributed by atoms with Crippen molar-refractivity contribution in [2.75, 3.05) is 0 Å². The van der Waals surface area contributed by atoms with Crippen LogP contribution in [0.2, 0.25) is 0 Å². The third-order valence-electron chi connectivity index (χ3n) is 2.76. The lowest BCUT2D eigenvalue weighted by molar-refractivity contribution is 0.456. The van der Waals surface area contributed by atoms with Gasteiger partial charge in [-0.05, 0) is 31.9 Å². The Morgan fingerprint density at radius 1 is 1.37 bits per heavy atom. The zero-order chi connectivity index (χ0) is 13.8. The lowest BCUT2D eigenvalue weighted by Crippen LogP contribution is -1.99. The predicted octanol–water partition coefficient (Wildman–Crippen LogP) is 3.95. The summed E-state index contributed by atoms with van der Waals surface area (Å²) in [4.78, 5) is 4.43. The number of nitrogens with zero attached hydrogens (tertiary/aromatic N) is 3. The van der Waals surface area contributed by atoms with E-state index in [-0.39, 0.29) is 0 Å². The zero-order valence-electron chi connectivity index (χ0n) is 11.4. The van der Waals surface area contributed by atoms with Crippen molar-refractivity contribution in [3.63, 3.8) is 0 Å². The minimum absolute atomic E-state index is 0.311. The Labute approximate surface area is 118 Å². The van der Waals surface area contributed by atoms with Crippen LogP contribution in [0.15, 0.2) is 24.5 Å². The molecule has 0 aliphatic heterocycles. The fraction of sp³-hybridized carbons (Fsp3) is 0.429. The number of hydrogen-bond acceptors (Lipinski definition) is 3. The first-order chi connectivity index (χ1) is 9.12. The van der Waals surface area contributed by atoms with Gasteiger partial charge in [0.05, 0.1) is 12.4 Å². The van der Waals surface area contributed by atoms with Gasteiger partial charge in [0.1, 0.15) is 0 Å². The Balaban J connectivity index is 2.21. The number of aromatic nitrogens is 3. The molecule has 0 unspecified atom stereocenters. The van der Waals surface area contributed by atoms with Crippen molar-refractivity contribution < 1.29 is 4.74 Å². The monoisotopic (exact) mass is 279 g/mol. The van der Waals surface area contributed by atoms with Crippen molar-refractivity contribution in [1.29, 1.82) is 0 Å². The molecule has 2 heterocycles. The molecule has 4 nitrogen and oxygen atoms in total. The minimum Gasteiger partial charge on any atom is -0.436 e. The molecule has 0 aromatic carbocycles. The van der Waals surface area contributed by atoms with Crippen LogP contribution in [0.4, 0.5) is 0 Å². The Morgan fingerprint density at radius 3 is 2.74 bits per heavy atom. The summed E-state index contributed by atoms with van der Waals surface area (Å²) < 4.78 is 7.59. The number of aryl methyl sites for hydroxylation is 1. The molecule has 0 bridgehead atoms. The summed E-state index contributed by atoms with van der Waals surface area (Å²) in [6.07, 6.45) is 4.42. The molecule has 5 heteroatoms. The summed E-state index contributed by atoms with van der Waals surface area (Å²) in [7, 11) is 0. The van der Waals surface area contributed by atoms with E-state index in [0.717, 1.165) is 17.7 Å². The van der Waals surface area contributed by atoms with E-state index in [1.54, 1.807) is 6.20 Å². The van der Waals surface area contributed by atoms with E-state index in [9.17, 15) is 0 Å². The zero-order valence-corrected chi connectivity index (χ0v) is 12.2. The van der Waals surface area contributed by atoms with E-state index >= 15 is 0 Å². The maximum atomic E-state index is 5.88.